The Morgan fingerprint density at radius 3 is 2.55 bits per heavy atom. The van der Waals surface area contributed by atoms with Crippen LogP contribution in [-0.4, -0.2) is 16.9 Å². The van der Waals surface area contributed by atoms with Crippen molar-refractivity contribution >= 4 is 17.4 Å². The summed E-state index contributed by atoms with van der Waals surface area (Å²) >= 11 is 0. The highest BCUT2D eigenvalue weighted by molar-refractivity contribution is 5.91. The molecule has 1 atom stereocenters. The van der Waals surface area contributed by atoms with Crippen molar-refractivity contribution in [1.82, 2.24) is 4.98 Å². The number of nitrogens with one attached hydrogen (secondary N) is 2. The molecule has 0 radical (unpaired) electrons. The van der Waals surface area contributed by atoms with Crippen LogP contribution in [0.2, 0.25) is 0 Å². The molecule has 1 heterocycles. The molecule has 1 aromatic heterocycles. The monoisotopic (exact) mass is 301 g/mol. The highest BCUT2D eigenvalue weighted by Gasteiger charge is 2.06. The molecular formula is C17H20FN3O. The summed E-state index contributed by atoms with van der Waals surface area (Å²) in [5, 5.41) is 6.03. The van der Waals surface area contributed by atoms with E-state index in [1.165, 1.54) is 12.1 Å². The Balaban J connectivity index is 1.90. The Morgan fingerprint density at radius 1 is 1.23 bits per heavy atom. The van der Waals surface area contributed by atoms with E-state index in [2.05, 4.69) is 29.5 Å². The van der Waals surface area contributed by atoms with Crippen LogP contribution < -0.4 is 10.6 Å². The molecule has 0 aliphatic carbocycles. The summed E-state index contributed by atoms with van der Waals surface area (Å²) in [5.74, 6) is 0.0128. The molecule has 5 heteroatoms. The second-order valence-corrected chi connectivity index (χ2v) is 5.24. The number of anilines is 2. The van der Waals surface area contributed by atoms with Gasteiger partial charge in [-0.1, -0.05) is 19.1 Å². The van der Waals surface area contributed by atoms with Crippen molar-refractivity contribution in [3.05, 3.63) is 54.0 Å². The van der Waals surface area contributed by atoms with Crippen molar-refractivity contribution in [3.8, 4) is 0 Å². The van der Waals surface area contributed by atoms with Crippen molar-refractivity contribution in [3.63, 3.8) is 0 Å². The maximum Gasteiger partial charge on any atom is 0.229 e. The zero-order valence-corrected chi connectivity index (χ0v) is 12.8. The standard InChI is InChI=1S/C17H20FN3O/c1-3-12(2)20-15-8-9-16(19-11-15)21-17(22)10-13-4-6-14(18)7-5-13/h4-9,11-12,20H,3,10H2,1-2H3,(H,19,21,22). The van der Waals surface area contributed by atoms with Gasteiger partial charge in [-0.2, -0.15) is 0 Å². The fourth-order valence-electron chi connectivity index (χ4n) is 1.91. The molecule has 0 spiro atoms. The zero-order valence-electron chi connectivity index (χ0n) is 12.8. The highest BCUT2D eigenvalue weighted by atomic mass is 19.1. The van der Waals surface area contributed by atoms with Gasteiger partial charge in [0.2, 0.25) is 5.91 Å². The normalized spacial score (nSPS) is 11.8. The first-order chi connectivity index (χ1) is 10.6. The number of pyridine rings is 1. The molecule has 116 valence electrons. The van der Waals surface area contributed by atoms with Crippen LogP contribution in [0, 0.1) is 5.82 Å². The molecule has 0 bridgehead atoms. The lowest BCUT2D eigenvalue weighted by molar-refractivity contribution is -0.115. The van der Waals surface area contributed by atoms with Gasteiger partial charge in [-0.05, 0) is 43.2 Å². The van der Waals surface area contributed by atoms with Gasteiger partial charge < -0.3 is 10.6 Å². The van der Waals surface area contributed by atoms with Crippen molar-refractivity contribution in [2.45, 2.75) is 32.7 Å². The van der Waals surface area contributed by atoms with Crippen LogP contribution in [0.25, 0.3) is 0 Å². The molecule has 4 nitrogen and oxygen atoms in total. The number of aromatic nitrogens is 1. The van der Waals surface area contributed by atoms with Crippen molar-refractivity contribution in [2.24, 2.45) is 0 Å². The molecule has 0 aliphatic rings. The molecule has 1 amide bonds. The first-order valence-electron chi connectivity index (χ1n) is 7.33. The molecule has 0 fully saturated rings. The Kier molecular flexibility index (Phi) is 5.47. The van der Waals surface area contributed by atoms with E-state index in [1.807, 2.05) is 6.07 Å². The van der Waals surface area contributed by atoms with E-state index >= 15 is 0 Å². The third-order valence-corrected chi connectivity index (χ3v) is 3.33. The maximum absolute atomic E-state index is 12.8. The van der Waals surface area contributed by atoms with Gasteiger partial charge in [-0.25, -0.2) is 9.37 Å². The number of hydrogen-bond acceptors (Lipinski definition) is 3. The molecule has 22 heavy (non-hydrogen) atoms. The van der Waals surface area contributed by atoms with Crippen LogP contribution in [0.3, 0.4) is 0 Å². The summed E-state index contributed by atoms with van der Waals surface area (Å²) in [5.41, 5.74) is 1.68. The number of rotatable bonds is 6. The molecule has 0 saturated heterocycles. The van der Waals surface area contributed by atoms with Gasteiger partial charge in [-0.3, -0.25) is 4.79 Å². The minimum atomic E-state index is -0.310. The van der Waals surface area contributed by atoms with E-state index in [-0.39, 0.29) is 18.1 Å². The molecule has 2 N–H and O–H groups in total. The number of carbonyl (C=O) groups is 1. The van der Waals surface area contributed by atoms with E-state index in [1.54, 1.807) is 24.4 Å². The minimum absolute atomic E-state index is 0.179. The molecule has 2 aromatic rings. The Hall–Kier alpha value is -2.43. The number of benzene rings is 1. The van der Waals surface area contributed by atoms with Gasteiger partial charge in [0, 0.05) is 6.04 Å². The third-order valence-electron chi connectivity index (χ3n) is 3.33. The van der Waals surface area contributed by atoms with Gasteiger partial charge in [0.1, 0.15) is 11.6 Å². The van der Waals surface area contributed by atoms with Crippen molar-refractivity contribution < 1.29 is 9.18 Å². The second-order valence-electron chi connectivity index (χ2n) is 5.24. The number of carbonyl (C=O) groups excluding carboxylic acids is 1. The third kappa shape index (κ3) is 4.84. The van der Waals surface area contributed by atoms with E-state index < -0.39 is 0 Å². The second kappa shape index (κ2) is 7.54. The highest BCUT2D eigenvalue weighted by Crippen LogP contribution is 2.12. The zero-order chi connectivity index (χ0) is 15.9. The summed E-state index contributed by atoms with van der Waals surface area (Å²) < 4.78 is 12.8. The van der Waals surface area contributed by atoms with Gasteiger partial charge in [0.05, 0.1) is 18.3 Å². The van der Waals surface area contributed by atoms with Crippen LogP contribution in [0.4, 0.5) is 15.9 Å². The lowest BCUT2D eigenvalue weighted by Gasteiger charge is -2.13. The van der Waals surface area contributed by atoms with Crippen molar-refractivity contribution in [1.29, 1.82) is 0 Å². The van der Waals surface area contributed by atoms with E-state index in [0.29, 0.717) is 11.9 Å². The summed E-state index contributed by atoms with van der Waals surface area (Å²) in [6.07, 6.45) is 2.91. The quantitative estimate of drug-likeness (QED) is 0.857. The molecule has 2 rings (SSSR count). The molecule has 0 aliphatic heterocycles. The Labute approximate surface area is 129 Å². The predicted octanol–water partition coefficient (Wildman–Crippen LogP) is 3.61. The first kappa shape index (κ1) is 15.9. The van der Waals surface area contributed by atoms with Crippen LogP contribution in [0.5, 0.6) is 0 Å². The number of halogens is 1. The summed E-state index contributed by atoms with van der Waals surface area (Å²) in [6, 6.07) is 9.90. The topological polar surface area (TPSA) is 54.0 Å². The average Bonchev–Trinajstić information content (AvgIpc) is 2.51. The number of nitrogens with zero attached hydrogens (tertiary/aromatic N) is 1. The van der Waals surface area contributed by atoms with Gasteiger partial charge >= 0.3 is 0 Å². The SMILES string of the molecule is CCC(C)Nc1ccc(NC(=O)Cc2ccc(F)cc2)nc1. The Bertz CT molecular complexity index is 611. The van der Waals surface area contributed by atoms with E-state index in [0.717, 1.165) is 17.7 Å². The van der Waals surface area contributed by atoms with Gasteiger partial charge in [-0.15, -0.1) is 0 Å². The first-order valence-corrected chi connectivity index (χ1v) is 7.33. The fourth-order valence-corrected chi connectivity index (χ4v) is 1.91. The lowest BCUT2D eigenvalue weighted by Crippen LogP contribution is -2.16. The van der Waals surface area contributed by atoms with E-state index in [4.69, 9.17) is 0 Å². The van der Waals surface area contributed by atoms with Crippen molar-refractivity contribution in [2.75, 3.05) is 10.6 Å². The lowest BCUT2D eigenvalue weighted by atomic mass is 10.1. The van der Waals surface area contributed by atoms with E-state index in [9.17, 15) is 9.18 Å². The van der Waals surface area contributed by atoms with Crippen LogP contribution >= 0.6 is 0 Å². The molecular weight excluding hydrogens is 281 g/mol. The maximum atomic E-state index is 12.8. The predicted molar refractivity (Wildman–Crippen MR) is 86.3 cm³/mol. The smallest absolute Gasteiger partial charge is 0.229 e. The largest absolute Gasteiger partial charge is 0.381 e. The fraction of sp³-hybridized carbons (Fsp3) is 0.294. The van der Waals surface area contributed by atoms with Crippen LogP contribution in [0.1, 0.15) is 25.8 Å². The minimum Gasteiger partial charge on any atom is -0.381 e. The molecule has 0 saturated carbocycles. The molecule has 1 aromatic carbocycles. The Morgan fingerprint density at radius 2 is 1.95 bits per heavy atom. The summed E-state index contributed by atoms with van der Waals surface area (Å²) in [4.78, 5) is 16.1. The summed E-state index contributed by atoms with van der Waals surface area (Å²) in [6.45, 7) is 4.20. The summed E-state index contributed by atoms with van der Waals surface area (Å²) in [7, 11) is 0. The number of amides is 1. The molecule has 1 unspecified atom stereocenters. The number of hydrogen-bond donors (Lipinski definition) is 2. The van der Waals surface area contributed by atoms with Gasteiger partial charge in [0.15, 0.2) is 0 Å². The average molecular weight is 301 g/mol. The van der Waals surface area contributed by atoms with Crippen LogP contribution in [0.15, 0.2) is 42.6 Å². The van der Waals surface area contributed by atoms with Gasteiger partial charge in [0.25, 0.3) is 0 Å². The van der Waals surface area contributed by atoms with Crippen LogP contribution in [-0.2, 0) is 11.2 Å².